The van der Waals surface area contributed by atoms with Gasteiger partial charge in [0.15, 0.2) is 0 Å². The molecule has 0 aliphatic carbocycles. The first-order chi connectivity index (χ1) is 13.7. The SMILES string of the molecule is COc1cccc(OCCc2cc([C@H]3CCN(Cc4cnc(C)s4)C3)n[nH]2)c1. The standard InChI is InChI=1S/C21H26N4O2S/c1-15-22-12-20(28-15)14-25-8-6-16(13-25)21-10-17(23-24-21)7-9-27-19-5-3-4-18(11-19)26-2/h3-5,10-12,16H,6-9,13-14H2,1-2H3,(H,23,24)/t16-/m0/s1. The quantitative estimate of drug-likeness (QED) is 0.625. The molecule has 1 aliphatic heterocycles. The zero-order chi connectivity index (χ0) is 19.3. The molecular formula is C21H26N4O2S. The van der Waals surface area contributed by atoms with Crippen LogP contribution in [0.4, 0.5) is 0 Å². The molecule has 0 unspecified atom stereocenters. The Balaban J connectivity index is 1.26. The Morgan fingerprint density at radius 3 is 3.00 bits per heavy atom. The molecule has 148 valence electrons. The van der Waals surface area contributed by atoms with Crippen molar-refractivity contribution in [3.8, 4) is 11.5 Å². The molecule has 0 amide bonds. The van der Waals surface area contributed by atoms with E-state index in [9.17, 15) is 0 Å². The van der Waals surface area contributed by atoms with Crippen LogP contribution in [0.5, 0.6) is 11.5 Å². The summed E-state index contributed by atoms with van der Waals surface area (Å²) in [5, 5.41) is 8.88. The van der Waals surface area contributed by atoms with Crippen molar-refractivity contribution in [2.75, 3.05) is 26.8 Å². The lowest BCUT2D eigenvalue weighted by atomic mass is 10.0. The molecule has 0 radical (unpaired) electrons. The Morgan fingerprint density at radius 2 is 2.18 bits per heavy atom. The Bertz CT molecular complexity index is 907. The fourth-order valence-corrected chi connectivity index (χ4v) is 4.44. The predicted octanol–water partition coefficient (Wildman–Crippen LogP) is 3.79. The highest BCUT2D eigenvalue weighted by Crippen LogP contribution is 2.28. The summed E-state index contributed by atoms with van der Waals surface area (Å²) in [5.74, 6) is 2.13. The maximum atomic E-state index is 5.83. The number of hydrogen-bond donors (Lipinski definition) is 1. The lowest BCUT2D eigenvalue weighted by Gasteiger charge is -2.13. The summed E-state index contributed by atoms with van der Waals surface area (Å²) in [4.78, 5) is 8.20. The number of hydrogen-bond acceptors (Lipinski definition) is 6. The highest BCUT2D eigenvalue weighted by molar-refractivity contribution is 7.11. The van der Waals surface area contributed by atoms with Crippen molar-refractivity contribution in [3.05, 3.63) is 57.8 Å². The highest BCUT2D eigenvalue weighted by atomic mass is 32.1. The minimum absolute atomic E-state index is 0.498. The molecule has 0 spiro atoms. The maximum Gasteiger partial charge on any atom is 0.123 e. The van der Waals surface area contributed by atoms with Gasteiger partial charge in [0, 0.05) is 48.3 Å². The number of thiazole rings is 1. The van der Waals surface area contributed by atoms with Crippen LogP contribution in [-0.2, 0) is 13.0 Å². The lowest BCUT2D eigenvalue weighted by molar-refractivity contribution is 0.317. The Morgan fingerprint density at radius 1 is 1.29 bits per heavy atom. The Kier molecular flexibility index (Phi) is 5.92. The van der Waals surface area contributed by atoms with E-state index in [1.807, 2.05) is 30.5 Å². The number of H-pyrrole nitrogens is 1. The third-order valence-electron chi connectivity index (χ3n) is 5.07. The number of aromatic amines is 1. The molecule has 6 nitrogen and oxygen atoms in total. The van der Waals surface area contributed by atoms with Gasteiger partial charge < -0.3 is 9.47 Å². The van der Waals surface area contributed by atoms with Crippen LogP contribution >= 0.6 is 11.3 Å². The Hall–Kier alpha value is -2.38. The summed E-state index contributed by atoms with van der Waals surface area (Å²) in [5.41, 5.74) is 2.29. The fourth-order valence-electron chi connectivity index (χ4n) is 3.60. The molecule has 3 heterocycles. The van der Waals surface area contributed by atoms with E-state index in [-0.39, 0.29) is 0 Å². The van der Waals surface area contributed by atoms with Gasteiger partial charge in [-0.3, -0.25) is 10.00 Å². The molecule has 4 rings (SSSR count). The van der Waals surface area contributed by atoms with Crippen molar-refractivity contribution in [2.45, 2.75) is 32.2 Å². The summed E-state index contributed by atoms with van der Waals surface area (Å²) in [6.45, 7) is 5.83. The number of aryl methyl sites for hydroxylation is 1. The van der Waals surface area contributed by atoms with Crippen LogP contribution in [0.15, 0.2) is 36.5 Å². The topological polar surface area (TPSA) is 63.3 Å². The zero-order valence-corrected chi connectivity index (χ0v) is 17.2. The van der Waals surface area contributed by atoms with Crippen molar-refractivity contribution in [3.63, 3.8) is 0 Å². The van der Waals surface area contributed by atoms with Gasteiger partial charge in [0.2, 0.25) is 0 Å². The molecule has 3 aromatic rings. The predicted molar refractivity (Wildman–Crippen MR) is 110 cm³/mol. The first-order valence-electron chi connectivity index (χ1n) is 9.64. The van der Waals surface area contributed by atoms with Crippen LogP contribution in [0.2, 0.25) is 0 Å². The van der Waals surface area contributed by atoms with E-state index in [1.165, 1.54) is 10.6 Å². The van der Waals surface area contributed by atoms with Crippen LogP contribution in [-0.4, -0.2) is 46.9 Å². The lowest BCUT2D eigenvalue weighted by Crippen LogP contribution is -2.19. The molecule has 0 saturated carbocycles. The second kappa shape index (κ2) is 8.75. The van der Waals surface area contributed by atoms with Crippen molar-refractivity contribution in [1.82, 2.24) is 20.1 Å². The summed E-state index contributed by atoms with van der Waals surface area (Å²) in [6.07, 6.45) is 3.96. The largest absolute Gasteiger partial charge is 0.497 e. The van der Waals surface area contributed by atoms with Gasteiger partial charge in [-0.25, -0.2) is 4.98 Å². The Labute approximate surface area is 169 Å². The molecule has 7 heteroatoms. The molecular weight excluding hydrogens is 372 g/mol. The fraction of sp³-hybridized carbons (Fsp3) is 0.429. The van der Waals surface area contributed by atoms with Crippen LogP contribution in [0.1, 0.15) is 33.6 Å². The monoisotopic (exact) mass is 398 g/mol. The number of ether oxygens (including phenoxy) is 2. The first-order valence-corrected chi connectivity index (χ1v) is 10.5. The number of methoxy groups -OCH3 is 1. The normalized spacial score (nSPS) is 17.1. The summed E-state index contributed by atoms with van der Waals surface area (Å²) in [6, 6.07) is 9.88. The molecule has 1 atom stereocenters. The summed E-state index contributed by atoms with van der Waals surface area (Å²) < 4.78 is 11.1. The minimum atomic E-state index is 0.498. The second-order valence-electron chi connectivity index (χ2n) is 7.16. The number of aromatic nitrogens is 3. The second-order valence-corrected chi connectivity index (χ2v) is 8.48. The van der Waals surface area contributed by atoms with Gasteiger partial charge in [-0.15, -0.1) is 11.3 Å². The molecule has 1 fully saturated rings. The first kappa shape index (κ1) is 19.0. The third-order valence-corrected chi connectivity index (χ3v) is 5.97. The molecule has 28 heavy (non-hydrogen) atoms. The van der Waals surface area contributed by atoms with Crippen LogP contribution < -0.4 is 9.47 Å². The van der Waals surface area contributed by atoms with Gasteiger partial charge in [-0.05, 0) is 38.1 Å². The summed E-state index contributed by atoms with van der Waals surface area (Å²) in [7, 11) is 1.66. The van der Waals surface area contributed by atoms with E-state index in [0.29, 0.717) is 12.5 Å². The van der Waals surface area contributed by atoms with Crippen molar-refractivity contribution < 1.29 is 9.47 Å². The van der Waals surface area contributed by atoms with Crippen LogP contribution in [0.25, 0.3) is 0 Å². The molecule has 0 bridgehead atoms. The van der Waals surface area contributed by atoms with E-state index < -0.39 is 0 Å². The average Bonchev–Trinajstić information content (AvgIpc) is 3.44. The van der Waals surface area contributed by atoms with Gasteiger partial charge in [0.25, 0.3) is 0 Å². The average molecular weight is 399 g/mol. The minimum Gasteiger partial charge on any atom is -0.497 e. The van der Waals surface area contributed by atoms with Gasteiger partial charge in [0.05, 0.1) is 24.4 Å². The number of rotatable bonds is 8. The van der Waals surface area contributed by atoms with Crippen LogP contribution in [0, 0.1) is 6.92 Å². The van der Waals surface area contributed by atoms with E-state index in [4.69, 9.17) is 9.47 Å². The van der Waals surface area contributed by atoms with E-state index in [0.717, 1.165) is 54.7 Å². The molecule has 1 N–H and O–H groups in total. The van der Waals surface area contributed by atoms with Gasteiger partial charge in [-0.2, -0.15) is 5.10 Å². The molecule has 2 aromatic heterocycles. The molecule has 1 saturated heterocycles. The van der Waals surface area contributed by atoms with Crippen molar-refractivity contribution in [1.29, 1.82) is 0 Å². The van der Waals surface area contributed by atoms with Crippen molar-refractivity contribution in [2.24, 2.45) is 0 Å². The van der Waals surface area contributed by atoms with Crippen molar-refractivity contribution >= 4 is 11.3 Å². The van der Waals surface area contributed by atoms with Gasteiger partial charge in [0.1, 0.15) is 11.5 Å². The van der Waals surface area contributed by atoms with E-state index in [2.05, 4.69) is 33.1 Å². The molecule has 1 aliphatic rings. The van der Waals surface area contributed by atoms with E-state index in [1.54, 1.807) is 18.4 Å². The molecule has 1 aromatic carbocycles. The smallest absolute Gasteiger partial charge is 0.123 e. The third kappa shape index (κ3) is 4.72. The maximum absolute atomic E-state index is 5.83. The van der Waals surface area contributed by atoms with Gasteiger partial charge >= 0.3 is 0 Å². The number of nitrogens with one attached hydrogen (secondary N) is 1. The summed E-state index contributed by atoms with van der Waals surface area (Å²) >= 11 is 1.79. The van der Waals surface area contributed by atoms with Gasteiger partial charge in [-0.1, -0.05) is 6.07 Å². The zero-order valence-electron chi connectivity index (χ0n) is 16.4. The van der Waals surface area contributed by atoms with E-state index >= 15 is 0 Å². The van der Waals surface area contributed by atoms with Crippen LogP contribution in [0.3, 0.4) is 0 Å². The number of likely N-dealkylation sites (tertiary alicyclic amines) is 1. The highest BCUT2D eigenvalue weighted by Gasteiger charge is 2.26. The number of benzene rings is 1. The number of nitrogens with zero attached hydrogens (tertiary/aromatic N) is 3.